The highest BCUT2D eigenvalue weighted by atomic mass is 16.2. The van der Waals surface area contributed by atoms with Crippen LogP contribution in [0, 0.1) is 11.3 Å². The fourth-order valence-corrected chi connectivity index (χ4v) is 3.76. The molecule has 7 nitrogen and oxygen atoms in total. The summed E-state index contributed by atoms with van der Waals surface area (Å²) in [5, 5.41) is 11.8. The largest absolute Gasteiger partial charge is 0.344 e. The van der Waals surface area contributed by atoms with Gasteiger partial charge in [0.15, 0.2) is 0 Å². The summed E-state index contributed by atoms with van der Waals surface area (Å²) in [5.41, 5.74) is 3.47. The molecule has 3 aromatic rings. The lowest BCUT2D eigenvalue weighted by molar-refractivity contribution is -0.132. The van der Waals surface area contributed by atoms with Crippen molar-refractivity contribution in [3.05, 3.63) is 89.5 Å². The van der Waals surface area contributed by atoms with E-state index in [1.807, 2.05) is 47.0 Å². The number of amides is 2. The van der Waals surface area contributed by atoms with Crippen LogP contribution in [0.1, 0.15) is 28.8 Å². The molecule has 2 heterocycles. The number of hydrogen-bond acceptors (Lipinski definition) is 4. The van der Waals surface area contributed by atoms with Gasteiger partial charge >= 0.3 is 0 Å². The monoisotopic (exact) mass is 413 g/mol. The molecule has 1 aliphatic heterocycles. The number of imidazole rings is 1. The molecule has 31 heavy (non-hydrogen) atoms. The second-order valence-electron chi connectivity index (χ2n) is 7.65. The molecule has 1 aromatic heterocycles. The second-order valence-corrected chi connectivity index (χ2v) is 7.65. The van der Waals surface area contributed by atoms with Crippen LogP contribution in [0.4, 0.5) is 0 Å². The Labute approximate surface area is 180 Å². The van der Waals surface area contributed by atoms with Crippen LogP contribution in [0.2, 0.25) is 0 Å². The van der Waals surface area contributed by atoms with E-state index < -0.39 is 6.04 Å². The van der Waals surface area contributed by atoms with Crippen molar-refractivity contribution in [3.8, 4) is 6.07 Å². The Morgan fingerprint density at radius 1 is 1.10 bits per heavy atom. The molecule has 7 heteroatoms. The molecule has 2 amide bonds. The number of carbonyl (C=O) groups is 2. The Kier molecular flexibility index (Phi) is 6.08. The topological polar surface area (TPSA) is 91.0 Å². The first-order valence-electron chi connectivity index (χ1n) is 10.2. The molecular weight excluding hydrogens is 390 g/mol. The lowest BCUT2D eigenvalue weighted by Crippen LogP contribution is -2.42. The smallest absolute Gasteiger partial charge is 0.245 e. The van der Waals surface area contributed by atoms with Gasteiger partial charge in [-0.1, -0.05) is 42.5 Å². The lowest BCUT2D eigenvalue weighted by Gasteiger charge is -2.17. The molecule has 0 saturated carbocycles. The van der Waals surface area contributed by atoms with Crippen molar-refractivity contribution in [1.82, 2.24) is 19.8 Å². The summed E-state index contributed by atoms with van der Waals surface area (Å²) in [7, 11) is 0. The number of carbonyl (C=O) groups excluding carboxylic acids is 2. The van der Waals surface area contributed by atoms with Gasteiger partial charge in [0.25, 0.3) is 0 Å². The average Bonchev–Trinajstić information content (AvgIpc) is 3.36. The number of likely N-dealkylation sites (tertiary alicyclic amines) is 1. The molecule has 0 spiro atoms. The van der Waals surface area contributed by atoms with E-state index in [1.165, 1.54) is 0 Å². The van der Waals surface area contributed by atoms with Gasteiger partial charge in [-0.3, -0.25) is 9.59 Å². The summed E-state index contributed by atoms with van der Waals surface area (Å²) in [4.78, 5) is 31.2. The van der Waals surface area contributed by atoms with Crippen LogP contribution in [-0.4, -0.2) is 38.9 Å². The van der Waals surface area contributed by atoms with E-state index in [1.54, 1.807) is 29.6 Å². The summed E-state index contributed by atoms with van der Waals surface area (Å²) in [6, 6.07) is 18.8. The molecule has 0 radical (unpaired) electrons. The van der Waals surface area contributed by atoms with Crippen molar-refractivity contribution < 1.29 is 9.59 Å². The molecule has 1 saturated heterocycles. The van der Waals surface area contributed by atoms with Gasteiger partial charge in [-0.05, 0) is 29.7 Å². The Morgan fingerprint density at radius 2 is 1.84 bits per heavy atom. The molecule has 0 unspecified atom stereocenters. The Bertz CT molecular complexity index is 1100. The van der Waals surface area contributed by atoms with Crippen LogP contribution in [0.5, 0.6) is 0 Å². The molecule has 156 valence electrons. The Morgan fingerprint density at radius 3 is 2.58 bits per heavy atom. The Balaban J connectivity index is 1.33. The first-order chi connectivity index (χ1) is 15.1. The maximum Gasteiger partial charge on any atom is 0.245 e. The number of rotatable bonds is 7. The summed E-state index contributed by atoms with van der Waals surface area (Å²) < 4.78 is 1.90. The summed E-state index contributed by atoms with van der Waals surface area (Å²) in [5.74, 6) is -0.232. The van der Waals surface area contributed by atoms with E-state index in [9.17, 15) is 9.59 Å². The van der Waals surface area contributed by atoms with E-state index >= 15 is 0 Å². The minimum absolute atomic E-state index is 0.0386. The maximum absolute atomic E-state index is 12.7. The molecule has 1 fully saturated rings. The van der Waals surface area contributed by atoms with Crippen molar-refractivity contribution in [2.45, 2.75) is 32.0 Å². The fraction of sp³-hybridized carbons (Fsp3) is 0.250. The molecule has 0 bridgehead atoms. The van der Waals surface area contributed by atoms with Gasteiger partial charge in [-0.25, -0.2) is 4.98 Å². The van der Waals surface area contributed by atoms with Crippen molar-refractivity contribution in [1.29, 1.82) is 5.26 Å². The van der Waals surface area contributed by atoms with Gasteiger partial charge in [0.1, 0.15) is 6.04 Å². The number of hydrogen-bond donors (Lipinski definition) is 1. The highest BCUT2D eigenvalue weighted by Crippen LogP contribution is 2.16. The van der Waals surface area contributed by atoms with E-state index in [2.05, 4.69) is 16.4 Å². The zero-order valence-corrected chi connectivity index (χ0v) is 17.1. The zero-order valence-electron chi connectivity index (χ0n) is 17.1. The summed E-state index contributed by atoms with van der Waals surface area (Å²) >= 11 is 0. The summed E-state index contributed by atoms with van der Waals surface area (Å²) in [6.45, 7) is 1.75. The molecule has 1 atom stereocenters. The average molecular weight is 413 g/mol. The van der Waals surface area contributed by atoms with Gasteiger partial charge in [0.05, 0.1) is 24.4 Å². The SMILES string of the molecule is N#Cc1ccc(Cn2cncc2CC(=O)N[C@H]2CCN(Cc3ccccc3)C2=O)cc1. The number of nitrogens with zero attached hydrogens (tertiary/aromatic N) is 4. The quantitative estimate of drug-likeness (QED) is 0.643. The van der Waals surface area contributed by atoms with Gasteiger partial charge in [-0.15, -0.1) is 0 Å². The molecule has 0 aliphatic carbocycles. The molecule has 4 rings (SSSR count). The zero-order chi connectivity index (χ0) is 21.6. The number of nitriles is 1. The molecule has 2 aromatic carbocycles. The molecule has 1 N–H and O–H groups in total. The highest BCUT2D eigenvalue weighted by molar-refractivity contribution is 5.89. The van der Waals surface area contributed by atoms with Gasteiger partial charge in [-0.2, -0.15) is 5.26 Å². The third-order valence-electron chi connectivity index (χ3n) is 5.43. The standard InChI is InChI=1S/C24H23N5O2/c25-13-18-6-8-20(9-7-18)16-29-17-26-14-21(29)12-23(30)27-22-10-11-28(24(22)31)15-19-4-2-1-3-5-19/h1-9,14,17,22H,10-12,15-16H2,(H,27,30)/t22-/m0/s1. The van der Waals surface area contributed by atoms with E-state index in [0.29, 0.717) is 31.6 Å². The van der Waals surface area contributed by atoms with Crippen molar-refractivity contribution in [3.63, 3.8) is 0 Å². The first kappa shape index (κ1) is 20.4. The van der Waals surface area contributed by atoms with E-state index in [-0.39, 0.29) is 18.2 Å². The van der Waals surface area contributed by atoms with Crippen LogP contribution in [0.15, 0.2) is 67.1 Å². The third kappa shape index (κ3) is 4.98. The van der Waals surface area contributed by atoms with E-state index in [4.69, 9.17) is 5.26 Å². The second kappa shape index (κ2) is 9.26. The molecule has 1 aliphatic rings. The van der Waals surface area contributed by atoms with Crippen molar-refractivity contribution in [2.24, 2.45) is 0 Å². The van der Waals surface area contributed by atoms with Crippen LogP contribution < -0.4 is 5.32 Å². The number of benzene rings is 2. The van der Waals surface area contributed by atoms with Crippen LogP contribution >= 0.6 is 0 Å². The fourth-order valence-electron chi connectivity index (χ4n) is 3.76. The maximum atomic E-state index is 12.7. The van der Waals surface area contributed by atoms with E-state index in [0.717, 1.165) is 16.8 Å². The number of aromatic nitrogens is 2. The number of nitrogens with one attached hydrogen (secondary N) is 1. The minimum Gasteiger partial charge on any atom is -0.344 e. The van der Waals surface area contributed by atoms with Crippen LogP contribution in [0.25, 0.3) is 0 Å². The summed E-state index contributed by atoms with van der Waals surface area (Å²) in [6.07, 6.45) is 4.12. The normalized spacial score (nSPS) is 15.6. The first-order valence-corrected chi connectivity index (χ1v) is 10.2. The predicted molar refractivity (Wildman–Crippen MR) is 115 cm³/mol. The van der Waals surface area contributed by atoms with Crippen LogP contribution in [-0.2, 0) is 29.1 Å². The van der Waals surface area contributed by atoms with Crippen molar-refractivity contribution >= 4 is 11.8 Å². The van der Waals surface area contributed by atoms with Gasteiger partial charge in [0.2, 0.25) is 11.8 Å². The molecular formula is C24H23N5O2. The van der Waals surface area contributed by atoms with Crippen molar-refractivity contribution in [2.75, 3.05) is 6.54 Å². The Hall–Kier alpha value is -3.92. The highest BCUT2D eigenvalue weighted by Gasteiger charge is 2.32. The van der Waals surface area contributed by atoms with Gasteiger partial charge < -0.3 is 14.8 Å². The van der Waals surface area contributed by atoms with Crippen LogP contribution in [0.3, 0.4) is 0 Å². The third-order valence-corrected chi connectivity index (χ3v) is 5.43. The minimum atomic E-state index is -0.480. The van der Waals surface area contributed by atoms with Gasteiger partial charge in [0, 0.05) is 31.5 Å². The lowest BCUT2D eigenvalue weighted by atomic mass is 10.1. The predicted octanol–water partition coefficient (Wildman–Crippen LogP) is 2.26.